The number of hydrogen-bond donors (Lipinski definition) is 1. The van der Waals surface area contributed by atoms with Crippen molar-refractivity contribution in [2.45, 2.75) is 6.92 Å². The summed E-state index contributed by atoms with van der Waals surface area (Å²) in [5, 5.41) is 3.36. The third-order valence-corrected chi connectivity index (χ3v) is 1.12. The molecule has 0 saturated heterocycles. The van der Waals surface area contributed by atoms with E-state index in [2.05, 4.69) is 10.1 Å². The molecule has 2 N–H and O–H groups in total. The molecule has 10 heavy (non-hydrogen) atoms. The predicted octanol–water partition coefficient (Wildman–Crippen LogP) is 0.683. The molecule has 0 spiro atoms. The Labute approximate surface area is 59.6 Å². The molecule has 0 aliphatic rings. The van der Waals surface area contributed by atoms with Crippen molar-refractivity contribution in [2.75, 3.05) is 0 Å². The van der Waals surface area contributed by atoms with Crippen molar-refractivity contribution >= 4 is 6.21 Å². The van der Waals surface area contributed by atoms with E-state index in [1.54, 1.807) is 0 Å². The maximum absolute atomic E-state index is 4.94. The first-order chi connectivity index (χ1) is 4.83. The fourth-order valence-electron chi connectivity index (χ4n) is 0.712. The molecule has 0 unspecified atom stereocenters. The van der Waals surface area contributed by atoms with Crippen LogP contribution in [-0.4, -0.2) is 11.2 Å². The quantitative estimate of drug-likeness (QED) is 0.350. The van der Waals surface area contributed by atoms with Gasteiger partial charge in [0.1, 0.15) is 0 Å². The Morgan fingerprint density at radius 1 is 1.60 bits per heavy atom. The summed E-state index contributed by atoms with van der Waals surface area (Å²) in [7, 11) is 0. The fraction of sp³-hybridized carbons (Fsp3) is 0.143. The summed E-state index contributed by atoms with van der Waals surface area (Å²) in [6.07, 6.45) is 1.52. The number of rotatable bonds is 1. The van der Waals surface area contributed by atoms with Crippen molar-refractivity contribution in [3.8, 4) is 0 Å². The van der Waals surface area contributed by atoms with Crippen molar-refractivity contribution in [2.24, 2.45) is 10.9 Å². The van der Waals surface area contributed by atoms with Gasteiger partial charge in [-0.15, -0.1) is 0 Å². The summed E-state index contributed by atoms with van der Waals surface area (Å²) in [6.45, 7) is 1.92. The lowest BCUT2D eigenvalue weighted by molar-refractivity contribution is 1.17. The van der Waals surface area contributed by atoms with Gasteiger partial charge in [-0.3, -0.25) is 4.98 Å². The van der Waals surface area contributed by atoms with E-state index in [0.717, 1.165) is 11.4 Å². The number of aromatic nitrogens is 1. The van der Waals surface area contributed by atoms with Gasteiger partial charge in [-0.1, -0.05) is 6.07 Å². The van der Waals surface area contributed by atoms with Gasteiger partial charge >= 0.3 is 0 Å². The fourth-order valence-corrected chi connectivity index (χ4v) is 0.712. The van der Waals surface area contributed by atoms with Crippen LogP contribution in [0.15, 0.2) is 23.3 Å². The van der Waals surface area contributed by atoms with Gasteiger partial charge in [-0.2, -0.15) is 5.10 Å². The molecule has 52 valence electrons. The van der Waals surface area contributed by atoms with Crippen LogP contribution in [0.3, 0.4) is 0 Å². The number of hydrazone groups is 1. The monoisotopic (exact) mass is 135 g/mol. The smallest absolute Gasteiger partial charge is 0.0833 e. The second-order valence-corrected chi connectivity index (χ2v) is 1.98. The number of pyridine rings is 1. The van der Waals surface area contributed by atoms with Gasteiger partial charge in [0.2, 0.25) is 0 Å². The lowest BCUT2D eigenvalue weighted by Gasteiger charge is -1.91. The van der Waals surface area contributed by atoms with Gasteiger partial charge in [0.25, 0.3) is 0 Å². The van der Waals surface area contributed by atoms with E-state index in [9.17, 15) is 0 Å². The zero-order chi connectivity index (χ0) is 7.40. The van der Waals surface area contributed by atoms with E-state index < -0.39 is 0 Å². The van der Waals surface area contributed by atoms with Crippen LogP contribution in [0.2, 0.25) is 0 Å². The van der Waals surface area contributed by atoms with Crippen LogP contribution in [0.1, 0.15) is 11.4 Å². The van der Waals surface area contributed by atoms with E-state index in [0.29, 0.717) is 0 Å². The lowest BCUT2D eigenvalue weighted by atomic mass is 10.3. The summed E-state index contributed by atoms with van der Waals surface area (Å²) in [5.74, 6) is 4.94. The second kappa shape index (κ2) is 2.96. The zero-order valence-electron chi connectivity index (χ0n) is 5.78. The summed E-state index contributed by atoms with van der Waals surface area (Å²) >= 11 is 0. The maximum Gasteiger partial charge on any atom is 0.0833 e. The van der Waals surface area contributed by atoms with E-state index in [-0.39, 0.29) is 0 Å². The van der Waals surface area contributed by atoms with Crippen LogP contribution in [-0.2, 0) is 0 Å². The standard InChI is InChI=1S/C7H9N3/c1-6-3-2-4-7(10-6)5-9-8/h2-5H,8H2,1H3. The number of hydrogen-bond acceptors (Lipinski definition) is 3. The van der Waals surface area contributed by atoms with Crippen LogP contribution >= 0.6 is 0 Å². The molecule has 0 aromatic carbocycles. The summed E-state index contributed by atoms with van der Waals surface area (Å²) in [5.41, 5.74) is 1.76. The maximum atomic E-state index is 4.94. The minimum absolute atomic E-state index is 0.794. The number of aryl methyl sites for hydroxylation is 1. The molecule has 3 nitrogen and oxygen atoms in total. The topological polar surface area (TPSA) is 51.3 Å². The van der Waals surface area contributed by atoms with Crippen LogP contribution in [0.25, 0.3) is 0 Å². The molecule has 1 aromatic rings. The summed E-state index contributed by atoms with van der Waals surface area (Å²) in [6, 6.07) is 5.69. The predicted molar refractivity (Wildman–Crippen MR) is 40.8 cm³/mol. The average molecular weight is 135 g/mol. The van der Waals surface area contributed by atoms with Crippen molar-refractivity contribution in [1.82, 2.24) is 4.98 Å². The Bertz CT molecular complexity index is 242. The SMILES string of the molecule is Cc1cccc(C=NN)n1. The van der Waals surface area contributed by atoms with Crippen LogP contribution < -0.4 is 5.84 Å². The third-order valence-electron chi connectivity index (χ3n) is 1.12. The molecule has 0 saturated carbocycles. The molecule has 0 aliphatic heterocycles. The van der Waals surface area contributed by atoms with Gasteiger partial charge in [0.05, 0.1) is 11.9 Å². The molecule has 0 aliphatic carbocycles. The lowest BCUT2D eigenvalue weighted by Crippen LogP contribution is -1.91. The molecule has 0 radical (unpaired) electrons. The van der Waals surface area contributed by atoms with Crippen LogP contribution in [0, 0.1) is 6.92 Å². The molecule has 0 bridgehead atoms. The molecule has 0 amide bonds. The Hall–Kier alpha value is -1.38. The number of nitrogens with two attached hydrogens (primary N) is 1. The first kappa shape index (κ1) is 6.74. The van der Waals surface area contributed by atoms with Crippen molar-refractivity contribution < 1.29 is 0 Å². The summed E-state index contributed by atoms with van der Waals surface area (Å²) in [4.78, 5) is 4.13. The molecular weight excluding hydrogens is 126 g/mol. The van der Waals surface area contributed by atoms with E-state index in [1.165, 1.54) is 6.21 Å². The highest BCUT2D eigenvalue weighted by molar-refractivity contribution is 5.76. The zero-order valence-corrected chi connectivity index (χ0v) is 5.78. The Kier molecular flexibility index (Phi) is 1.99. The van der Waals surface area contributed by atoms with E-state index in [4.69, 9.17) is 5.84 Å². The van der Waals surface area contributed by atoms with Gasteiger partial charge in [-0.25, -0.2) is 0 Å². The average Bonchev–Trinajstić information content (AvgIpc) is 1.88. The summed E-state index contributed by atoms with van der Waals surface area (Å²) < 4.78 is 0. The molecular formula is C7H9N3. The Morgan fingerprint density at radius 3 is 3.00 bits per heavy atom. The molecule has 0 fully saturated rings. The van der Waals surface area contributed by atoms with Crippen LogP contribution in [0.4, 0.5) is 0 Å². The highest BCUT2D eigenvalue weighted by atomic mass is 15.1. The minimum Gasteiger partial charge on any atom is -0.323 e. The first-order valence-corrected chi connectivity index (χ1v) is 3.00. The Balaban J connectivity index is 2.95. The van der Waals surface area contributed by atoms with Gasteiger partial charge < -0.3 is 5.84 Å². The second-order valence-electron chi connectivity index (χ2n) is 1.98. The minimum atomic E-state index is 0.794. The van der Waals surface area contributed by atoms with E-state index >= 15 is 0 Å². The highest BCUT2D eigenvalue weighted by Crippen LogP contribution is 1.93. The normalized spacial score (nSPS) is 10.5. The van der Waals surface area contributed by atoms with Gasteiger partial charge in [-0.05, 0) is 19.1 Å². The molecule has 1 aromatic heterocycles. The highest BCUT2D eigenvalue weighted by Gasteiger charge is 1.87. The number of nitrogens with zero attached hydrogens (tertiary/aromatic N) is 2. The molecule has 0 atom stereocenters. The van der Waals surface area contributed by atoms with E-state index in [1.807, 2.05) is 25.1 Å². The third kappa shape index (κ3) is 1.55. The van der Waals surface area contributed by atoms with Crippen LogP contribution in [0.5, 0.6) is 0 Å². The van der Waals surface area contributed by atoms with Crippen molar-refractivity contribution in [1.29, 1.82) is 0 Å². The van der Waals surface area contributed by atoms with Crippen molar-refractivity contribution in [3.05, 3.63) is 29.6 Å². The van der Waals surface area contributed by atoms with Gasteiger partial charge in [0, 0.05) is 5.69 Å². The first-order valence-electron chi connectivity index (χ1n) is 3.00. The molecule has 3 heteroatoms. The van der Waals surface area contributed by atoms with Gasteiger partial charge in [0.15, 0.2) is 0 Å². The van der Waals surface area contributed by atoms with Crippen molar-refractivity contribution in [3.63, 3.8) is 0 Å². The largest absolute Gasteiger partial charge is 0.323 e. The Morgan fingerprint density at radius 2 is 2.40 bits per heavy atom. The molecule has 1 rings (SSSR count). The molecule has 1 heterocycles.